The Bertz CT molecular complexity index is 380. The van der Waals surface area contributed by atoms with Crippen LogP contribution >= 0.6 is 34.5 Å². The Morgan fingerprint density at radius 3 is 2.40 bits per heavy atom. The average molecular weight is 268 g/mol. The van der Waals surface area contributed by atoms with E-state index in [4.69, 9.17) is 32.7 Å². The number of halogens is 2. The van der Waals surface area contributed by atoms with Gasteiger partial charge >= 0.3 is 0 Å². The summed E-state index contributed by atoms with van der Waals surface area (Å²) in [5.74, 6) is -0.579. The maximum Gasteiger partial charge on any atom is 0.185 e. The lowest BCUT2D eigenvalue weighted by Gasteiger charge is -2.16. The summed E-state index contributed by atoms with van der Waals surface area (Å²) in [7, 11) is 0. The second-order valence-electron chi connectivity index (χ2n) is 3.88. The second-order valence-corrected chi connectivity index (χ2v) is 5.85. The Hall–Kier alpha value is 0.130. The fourth-order valence-corrected chi connectivity index (χ4v) is 3.21. The van der Waals surface area contributed by atoms with E-state index in [1.807, 2.05) is 20.8 Å². The standard InChI is InChI=1S/C9H11Cl2NO2S/c1-4-5(14-9(2,3)13-4)6-7(10)12-8(11)15-6/h4-5H,1-3H3. The highest BCUT2D eigenvalue weighted by Gasteiger charge is 2.41. The van der Waals surface area contributed by atoms with Crippen LogP contribution in [0, 0.1) is 0 Å². The van der Waals surface area contributed by atoms with Crippen LogP contribution in [0.3, 0.4) is 0 Å². The van der Waals surface area contributed by atoms with Crippen LogP contribution in [0.4, 0.5) is 0 Å². The third kappa shape index (κ3) is 2.29. The van der Waals surface area contributed by atoms with E-state index in [0.717, 1.165) is 4.88 Å². The number of hydrogen-bond donors (Lipinski definition) is 0. The average Bonchev–Trinajstić information content (AvgIpc) is 2.52. The molecule has 2 rings (SSSR count). The van der Waals surface area contributed by atoms with Crippen LogP contribution in [0.15, 0.2) is 0 Å². The van der Waals surface area contributed by atoms with Crippen molar-refractivity contribution in [3.05, 3.63) is 14.5 Å². The van der Waals surface area contributed by atoms with Gasteiger partial charge in [0.05, 0.1) is 11.0 Å². The van der Waals surface area contributed by atoms with Crippen molar-refractivity contribution in [3.8, 4) is 0 Å². The summed E-state index contributed by atoms with van der Waals surface area (Å²) in [4.78, 5) is 4.78. The topological polar surface area (TPSA) is 31.4 Å². The molecule has 2 unspecified atom stereocenters. The summed E-state index contributed by atoms with van der Waals surface area (Å²) in [5.41, 5.74) is 0. The lowest BCUT2D eigenvalue weighted by Crippen LogP contribution is -2.20. The number of ether oxygens (including phenoxy) is 2. The number of thiazole rings is 1. The van der Waals surface area contributed by atoms with Crippen molar-refractivity contribution in [1.82, 2.24) is 4.98 Å². The minimum absolute atomic E-state index is 0.0472. The highest BCUT2D eigenvalue weighted by molar-refractivity contribution is 7.16. The lowest BCUT2D eigenvalue weighted by molar-refractivity contribution is -0.145. The predicted molar refractivity (Wildman–Crippen MR) is 60.6 cm³/mol. The maximum atomic E-state index is 5.96. The quantitative estimate of drug-likeness (QED) is 0.778. The van der Waals surface area contributed by atoms with Gasteiger partial charge < -0.3 is 9.47 Å². The van der Waals surface area contributed by atoms with E-state index < -0.39 is 5.79 Å². The van der Waals surface area contributed by atoms with Crippen molar-refractivity contribution in [2.24, 2.45) is 0 Å². The smallest absolute Gasteiger partial charge is 0.185 e. The Morgan fingerprint density at radius 1 is 1.33 bits per heavy atom. The molecule has 0 N–H and O–H groups in total. The summed E-state index contributed by atoms with van der Waals surface area (Å²) in [6.07, 6.45) is -0.230. The van der Waals surface area contributed by atoms with Gasteiger partial charge in [-0.1, -0.05) is 23.2 Å². The third-order valence-electron chi connectivity index (χ3n) is 2.15. The number of hydrogen-bond acceptors (Lipinski definition) is 4. The van der Waals surface area contributed by atoms with Crippen molar-refractivity contribution in [2.75, 3.05) is 0 Å². The summed E-state index contributed by atoms with van der Waals surface area (Å²) >= 11 is 13.1. The SMILES string of the molecule is CC1OC(C)(C)OC1c1sc(Cl)nc1Cl. The molecule has 0 bridgehead atoms. The van der Waals surface area contributed by atoms with Crippen LogP contribution in [0.25, 0.3) is 0 Å². The summed E-state index contributed by atoms with van der Waals surface area (Å²) in [6.45, 7) is 5.70. The summed E-state index contributed by atoms with van der Waals surface area (Å²) in [6, 6.07) is 0. The van der Waals surface area contributed by atoms with Crippen LogP contribution in [-0.2, 0) is 9.47 Å². The molecule has 15 heavy (non-hydrogen) atoms. The Balaban J connectivity index is 2.29. The predicted octanol–water partition coefficient (Wildman–Crippen LogP) is 3.66. The molecule has 2 atom stereocenters. The first kappa shape index (κ1) is 11.6. The van der Waals surface area contributed by atoms with Gasteiger partial charge in [0.2, 0.25) is 0 Å². The van der Waals surface area contributed by atoms with Crippen LogP contribution in [0.2, 0.25) is 9.62 Å². The molecule has 0 radical (unpaired) electrons. The van der Waals surface area contributed by atoms with Gasteiger partial charge in [-0.2, -0.15) is 0 Å². The first-order valence-corrected chi connectivity index (χ1v) is 6.13. The molecule has 0 aromatic carbocycles. The van der Waals surface area contributed by atoms with Crippen molar-refractivity contribution in [2.45, 2.75) is 38.8 Å². The monoisotopic (exact) mass is 267 g/mol. The third-order valence-corrected chi connectivity index (χ3v) is 3.77. The minimum atomic E-state index is -0.579. The zero-order valence-electron chi connectivity index (χ0n) is 8.58. The van der Waals surface area contributed by atoms with Crippen LogP contribution in [-0.4, -0.2) is 16.9 Å². The number of rotatable bonds is 1. The lowest BCUT2D eigenvalue weighted by atomic mass is 10.2. The molecule has 0 aliphatic carbocycles. The van der Waals surface area contributed by atoms with Gasteiger partial charge in [-0.25, -0.2) is 4.98 Å². The second kappa shape index (κ2) is 3.86. The molecule has 0 saturated carbocycles. The minimum Gasteiger partial charge on any atom is -0.344 e. The molecule has 0 amide bonds. The normalized spacial score (nSPS) is 29.7. The van der Waals surface area contributed by atoms with Crippen LogP contribution in [0.1, 0.15) is 31.8 Å². The van der Waals surface area contributed by atoms with Crippen molar-refractivity contribution in [3.63, 3.8) is 0 Å². The highest BCUT2D eigenvalue weighted by atomic mass is 35.5. The first-order valence-electron chi connectivity index (χ1n) is 4.56. The molecule has 0 spiro atoms. The molecule has 3 nitrogen and oxygen atoms in total. The maximum absolute atomic E-state index is 5.96. The Labute approximate surface area is 102 Å². The van der Waals surface area contributed by atoms with E-state index in [1.54, 1.807) is 0 Å². The van der Waals surface area contributed by atoms with E-state index in [9.17, 15) is 0 Å². The molecular formula is C9H11Cl2NO2S. The van der Waals surface area contributed by atoms with E-state index >= 15 is 0 Å². The Kier molecular flexibility index (Phi) is 2.99. The molecule has 1 fully saturated rings. The first-order chi connectivity index (χ1) is 6.89. The van der Waals surface area contributed by atoms with Crippen molar-refractivity contribution in [1.29, 1.82) is 0 Å². The molecule has 2 heterocycles. The van der Waals surface area contributed by atoms with Crippen LogP contribution < -0.4 is 0 Å². The molecule has 1 aliphatic heterocycles. The molecule has 1 aromatic rings. The van der Waals surface area contributed by atoms with E-state index in [2.05, 4.69) is 4.98 Å². The summed E-state index contributed by atoms with van der Waals surface area (Å²) < 4.78 is 11.8. The van der Waals surface area contributed by atoms with Crippen molar-refractivity contribution >= 4 is 34.5 Å². The van der Waals surface area contributed by atoms with E-state index in [-0.39, 0.29) is 12.2 Å². The van der Waals surface area contributed by atoms with Gasteiger partial charge in [0, 0.05) is 0 Å². The van der Waals surface area contributed by atoms with Gasteiger partial charge in [-0.05, 0) is 20.8 Å². The van der Waals surface area contributed by atoms with Gasteiger partial charge in [0.15, 0.2) is 10.3 Å². The molecule has 6 heteroatoms. The molecule has 84 valence electrons. The number of aromatic nitrogens is 1. The van der Waals surface area contributed by atoms with E-state index in [0.29, 0.717) is 9.62 Å². The summed E-state index contributed by atoms with van der Waals surface area (Å²) in [5, 5.41) is 0.406. The number of nitrogens with zero attached hydrogens (tertiary/aromatic N) is 1. The van der Waals surface area contributed by atoms with Gasteiger partial charge in [-0.3, -0.25) is 0 Å². The van der Waals surface area contributed by atoms with E-state index in [1.165, 1.54) is 11.3 Å². The van der Waals surface area contributed by atoms with Crippen molar-refractivity contribution < 1.29 is 9.47 Å². The molecule has 1 saturated heterocycles. The Morgan fingerprint density at radius 2 is 2.00 bits per heavy atom. The molecular weight excluding hydrogens is 257 g/mol. The van der Waals surface area contributed by atoms with Gasteiger partial charge in [0.25, 0.3) is 0 Å². The largest absolute Gasteiger partial charge is 0.344 e. The molecule has 1 aromatic heterocycles. The van der Waals surface area contributed by atoms with Gasteiger partial charge in [0.1, 0.15) is 11.3 Å². The fraction of sp³-hybridized carbons (Fsp3) is 0.667. The fourth-order valence-electron chi connectivity index (χ4n) is 1.67. The zero-order chi connectivity index (χ0) is 11.2. The van der Waals surface area contributed by atoms with Crippen LogP contribution in [0.5, 0.6) is 0 Å². The zero-order valence-corrected chi connectivity index (χ0v) is 10.9. The highest BCUT2D eigenvalue weighted by Crippen LogP contribution is 2.43. The molecule has 1 aliphatic rings. The van der Waals surface area contributed by atoms with Gasteiger partial charge in [-0.15, -0.1) is 11.3 Å².